The van der Waals surface area contributed by atoms with Gasteiger partial charge in [0, 0.05) is 24.3 Å². The summed E-state index contributed by atoms with van der Waals surface area (Å²) in [5.74, 6) is 0.691. The van der Waals surface area contributed by atoms with Gasteiger partial charge in [-0.1, -0.05) is 25.1 Å². The van der Waals surface area contributed by atoms with E-state index < -0.39 is 0 Å². The molecule has 1 N–H and O–H groups in total. The monoisotopic (exact) mass is 230 g/mol. The molecular formula is C15H22N2. The average molecular weight is 230 g/mol. The van der Waals surface area contributed by atoms with Crippen molar-refractivity contribution in [2.24, 2.45) is 0 Å². The lowest BCUT2D eigenvalue weighted by atomic mass is 9.74. The van der Waals surface area contributed by atoms with Gasteiger partial charge in [-0.05, 0) is 43.9 Å². The second kappa shape index (κ2) is 4.02. The molecule has 0 aliphatic carbocycles. The highest BCUT2D eigenvalue weighted by Gasteiger charge is 2.38. The Hall–Kier alpha value is -1.02. The first-order valence-corrected chi connectivity index (χ1v) is 6.74. The van der Waals surface area contributed by atoms with Crippen LogP contribution < -0.4 is 5.32 Å². The van der Waals surface area contributed by atoms with Gasteiger partial charge in [0.05, 0.1) is 0 Å². The zero-order valence-electron chi connectivity index (χ0n) is 10.9. The van der Waals surface area contributed by atoms with Crippen molar-refractivity contribution in [2.75, 3.05) is 25.5 Å². The van der Waals surface area contributed by atoms with E-state index in [9.17, 15) is 0 Å². The van der Waals surface area contributed by atoms with Crippen LogP contribution >= 0.6 is 0 Å². The topological polar surface area (TPSA) is 15.3 Å². The molecule has 1 atom stereocenters. The van der Waals surface area contributed by atoms with Crippen molar-refractivity contribution in [2.45, 2.75) is 37.6 Å². The minimum atomic E-state index is 0.361. The molecule has 1 saturated heterocycles. The predicted molar refractivity (Wildman–Crippen MR) is 72.6 cm³/mol. The van der Waals surface area contributed by atoms with Crippen molar-refractivity contribution in [3.05, 3.63) is 29.8 Å². The summed E-state index contributed by atoms with van der Waals surface area (Å²) in [6, 6.07) is 8.82. The molecule has 1 aromatic rings. The molecule has 0 saturated carbocycles. The fourth-order valence-corrected chi connectivity index (χ4v) is 3.45. The molecule has 0 unspecified atom stereocenters. The number of likely N-dealkylation sites (tertiary alicyclic amines) is 1. The van der Waals surface area contributed by atoms with Crippen molar-refractivity contribution >= 4 is 5.69 Å². The molecule has 0 bridgehead atoms. The third kappa shape index (κ3) is 1.95. The summed E-state index contributed by atoms with van der Waals surface area (Å²) < 4.78 is 0. The third-order valence-electron chi connectivity index (χ3n) is 4.53. The highest BCUT2D eigenvalue weighted by molar-refractivity contribution is 5.57. The fraction of sp³-hybridized carbons (Fsp3) is 0.600. The first kappa shape index (κ1) is 11.1. The molecule has 92 valence electrons. The summed E-state index contributed by atoms with van der Waals surface area (Å²) in [7, 11) is 2.23. The van der Waals surface area contributed by atoms with E-state index in [4.69, 9.17) is 0 Å². The number of nitrogens with one attached hydrogen (secondary N) is 1. The minimum Gasteiger partial charge on any atom is -0.379 e. The lowest BCUT2D eigenvalue weighted by Crippen LogP contribution is -2.50. The minimum absolute atomic E-state index is 0.361. The van der Waals surface area contributed by atoms with E-state index in [0.717, 1.165) is 0 Å². The summed E-state index contributed by atoms with van der Waals surface area (Å²) in [5, 5.41) is 3.84. The zero-order valence-corrected chi connectivity index (χ0v) is 10.9. The van der Waals surface area contributed by atoms with Crippen LogP contribution in [0.25, 0.3) is 0 Å². The number of hydrogen-bond acceptors (Lipinski definition) is 2. The largest absolute Gasteiger partial charge is 0.379 e. The molecule has 2 heterocycles. The number of hydrogen-bond donors (Lipinski definition) is 1. The van der Waals surface area contributed by atoms with E-state index in [1.165, 1.54) is 43.6 Å². The molecule has 1 spiro atoms. The molecule has 0 amide bonds. The van der Waals surface area contributed by atoms with Crippen LogP contribution in [0.1, 0.15) is 37.7 Å². The summed E-state index contributed by atoms with van der Waals surface area (Å²) in [5.41, 5.74) is 3.23. The molecule has 0 aromatic heterocycles. The fourth-order valence-electron chi connectivity index (χ4n) is 3.45. The first-order chi connectivity index (χ1) is 8.19. The van der Waals surface area contributed by atoms with E-state index >= 15 is 0 Å². The maximum Gasteiger partial charge on any atom is 0.0404 e. The number of nitrogens with zero attached hydrogens (tertiary/aromatic N) is 1. The number of benzene rings is 1. The van der Waals surface area contributed by atoms with Crippen LogP contribution in [-0.2, 0) is 0 Å². The molecule has 17 heavy (non-hydrogen) atoms. The van der Waals surface area contributed by atoms with Gasteiger partial charge in [0.25, 0.3) is 0 Å². The van der Waals surface area contributed by atoms with E-state index in [1.54, 1.807) is 0 Å². The Morgan fingerprint density at radius 3 is 2.71 bits per heavy atom. The molecule has 0 radical (unpaired) electrons. The summed E-state index contributed by atoms with van der Waals surface area (Å²) in [4.78, 5) is 2.44. The summed E-state index contributed by atoms with van der Waals surface area (Å²) in [6.07, 6.45) is 3.85. The molecule has 2 aliphatic rings. The van der Waals surface area contributed by atoms with Crippen molar-refractivity contribution in [3.63, 3.8) is 0 Å². The Balaban J connectivity index is 1.88. The van der Waals surface area contributed by atoms with Gasteiger partial charge >= 0.3 is 0 Å². The van der Waals surface area contributed by atoms with E-state index in [0.29, 0.717) is 11.5 Å². The van der Waals surface area contributed by atoms with Gasteiger partial charge in [0.1, 0.15) is 0 Å². The number of para-hydroxylation sites is 1. The normalized spacial score (nSPS) is 27.5. The van der Waals surface area contributed by atoms with E-state index in [1.807, 2.05) is 0 Å². The van der Waals surface area contributed by atoms with Crippen LogP contribution in [0.5, 0.6) is 0 Å². The molecular weight excluding hydrogens is 208 g/mol. The highest BCUT2D eigenvalue weighted by Crippen LogP contribution is 2.42. The second-order valence-corrected chi connectivity index (χ2v) is 5.90. The van der Waals surface area contributed by atoms with Gasteiger partial charge in [-0.25, -0.2) is 0 Å². The van der Waals surface area contributed by atoms with Gasteiger partial charge in [-0.15, -0.1) is 0 Å². The summed E-state index contributed by atoms with van der Waals surface area (Å²) >= 11 is 0. The number of piperidine rings is 1. The highest BCUT2D eigenvalue weighted by atomic mass is 15.1. The van der Waals surface area contributed by atoms with Crippen LogP contribution in [0, 0.1) is 0 Å². The van der Waals surface area contributed by atoms with Gasteiger partial charge in [0.15, 0.2) is 0 Å². The number of rotatable bonds is 0. The Morgan fingerprint density at radius 2 is 1.94 bits per heavy atom. The number of fused-ring (bicyclic) bond motifs is 1. The Labute approximate surface area is 104 Å². The Bertz CT molecular complexity index is 405. The second-order valence-electron chi connectivity index (χ2n) is 5.90. The Morgan fingerprint density at radius 1 is 1.24 bits per heavy atom. The van der Waals surface area contributed by atoms with Gasteiger partial charge in [-0.3, -0.25) is 0 Å². The lowest BCUT2D eigenvalue weighted by Gasteiger charge is -2.47. The molecule has 1 aromatic carbocycles. The maximum absolute atomic E-state index is 3.84. The standard InChI is InChI=1S/C15H22N2/c1-12-11-15(7-9-17(2)10-8-15)16-14-6-4-3-5-13(12)14/h3-6,12,16H,7-11H2,1-2H3/t12-/m1/s1. The molecule has 2 aliphatic heterocycles. The molecule has 2 heteroatoms. The van der Waals surface area contributed by atoms with Crippen LogP contribution in [0.15, 0.2) is 24.3 Å². The van der Waals surface area contributed by atoms with Gasteiger partial charge in [0.2, 0.25) is 0 Å². The quantitative estimate of drug-likeness (QED) is 0.737. The van der Waals surface area contributed by atoms with Gasteiger partial charge < -0.3 is 10.2 Å². The Kier molecular flexibility index (Phi) is 2.62. The van der Waals surface area contributed by atoms with Crippen molar-refractivity contribution in [3.8, 4) is 0 Å². The smallest absolute Gasteiger partial charge is 0.0404 e. The van der Waals surface area contributed by atoms with E-state index in [-0.39, 0.29) is 0 Å². The molecule has 1 fully saturated rings. The predicted octanol–water partition coefficient (Wildman–Crippen LogP) is 3.07. The summed E-state index contributed by atoms with van der Waals surface area (Å²) in [6.45, 7) is 4.82. The SMILES string of the molecule is C[C@@H]1CC2(CCN(C)CC2)Nc2ccccc21. The maximum atomic E-state index is 3.84. The average Bonchev–Trinajstić information content (AvgIpc) is 2.34. The van der Waals surface area contributed by atoms with Crippen LogP contribution in [0.3, 0.4) is 0 Å². The third-order valence-corrected chi connectivity index (χ3v) is 4.53. The molecule has 2 nitrogen and oxygen atoms in total. The van der Waals surface area contributed by atoms with Crippen LogP contribution in [0.2, 0.25) is 0 Å². The molecule has 3 rings (SSSR count). The van der Waals surface area contributed by atoms with Gasteiger partial charge in [-0.2, -0.15) is 0 Å². The van der Waals surface area contributed by atoms with Crippen LogP contribution in [0.4, 0.5) is 5.69 Å². The van der Waals surface area contributed by atoms with Crippen molar-refractivity contribution < 1.29 is 0 Å². The lowest BCUT2D eigenvalue weighted by molar-refractivity contribution is 0.187. The first-order valence-electron chi connectivity index (χ1n) is 6.74. The van der Waals surface area contributed by atoms with Crippen molar-refractivity contribution in [1.82, 2.24) is 4.90 Å². The number of anilines is 1. The zero-order chi connectivity index (χ0) is 11.9. The van der Waals surface area contributed by atoms with Crippen LogP contribution in [-0.4, -0.2) is 30.6 Å². The van der Waals surface area contributed by atoms with Crippen molar-refractivity contribution in [1.29, 1.82) is 0 Å². The van der Waals surface area contributed by atoms with E-state index in [2.05, 4.69) is 48.5 Å².